The van der Waals surface area contributed by atoms with Crippen molar-refractivity contribution < 1.29 is 23.1 Å². The topological polar surface area (TPSA) is 113 Å². The van der Waals surface area contributed by atoms with Gasteiger partial charge in [0.15, 0.2) is 0 Å². The summed E-state index contributed by atoms with van der Waals surface area (Å²) < 4.78 is 26.1. The molecular formula is C17H22N2O5S. The van der Waals surface area contributed by atoms with Crippen molar-refractivity contribution >= 4 is 21.9 Å². The molecular weight excluding hydrogens is 344 g/mol. The number of hydrogen-bond acceptors (Lipinski definition) is 4. The van der Waals surface area contributed by atoms with E-state index in [0.717, 1.165) is 0 Å². The molecule has 1 amide bonds. The molecule has 0 aliphatic carbocycles. The maximum absolute atomic E-state index is 12.4. The first kappa shape index (κ1) is 20.7. The highest BCUT2D eigenvalue weighted by Crippen LogP contribution is 2.21. The minimum absolute atomic E-state index is 0.0120. The van der Waals surface area contributed by atoms with E-state index < -0.39 is 27.4 Å². The normalized spacial score (nSPS) is 11.6. The second-order valence-corrected chi connectivity index (χ2v) is 7.33. The maximum Gasteiger partial charge on any atom is 0.305 e. The number of carbonyl (C=O) groups excluding carboxylic acids is 1. The first-order valence-corrected chi connectivity index (χ1v) is 9.25. The minimum Gasteiger partial charge on any atom is -0.481 e. The molecule has 0 unspecified atom stereocenters. The van der Waals surface area contributed by atoms with Crippen molar-refractivity contribution in [2.24, 2.45) is 0 Å². The van der Waals surface area contributed by atoms with Gasteiger partial charge >= 0.3 is 5.97 Å². The van der Waals surface area contributed by atoms with Crippen LogP contribution in [0.4, 0.5) is 0 Å². The van der Waals surface area contributed by atoms with Crippen LogP contribution in [0.2, 0.25) is 0 Å². The third-order valence-electron chi connectivity index (χ3n) is 4.01. The summed E-state index contributed by atoms with van der Waals surface area (Å²) in [5, 5.41) is 11.8. The zero-order valence-corrected chi connectivity index (χ0v) is 15.0. The third-order valence-corrected chi connectivity index (χ3v) is 5.43. The van der Waals surface area contributed by atoms with Gasteiger partial charge in [-0.05, 0) is 37.1 Å². The van der Waals surface area contributed by atoms with Crippen LogP contribution in [-0.2, 0) is 14.8 Å². The molecule has 0 heterocycles. The largest absolute Gasteiger partial charge is 0.481 e. The van der Waals surface area contributed by atoms with E-state index in [-0.39, 0.29) is 23.4 Å². The van der Waals surface area contributed by atoms with E-state index in [2.05, 4.69) is 16.0 Å². The lowest BCUT2D eigenvalue weighted by Crippen LogP contribution is -2.49. The number of aliphatic carboxylic acids is 1. The number of terminal acetylenes is 1. The van der Waals surface area contributed by atoms with E-state index >= 15 is 0 Å². The standard InChI is InChI=1S/C17H22N2O5S/c1-4-11-18-25(23,24)14-9-7-13(8-10-14)16(22)19-17(5-2,6-3)12-15(20)21/h1,7-10,18H,5-6,11-12H2,2-3H3,(H,19,22)(H,20,21). The van der Waals surface area contributed by atoms with Gasteiger partial charge in [0, 0.05) is 5.56 Å². The molecule has 1 aromatic carbocycles. The number of nitrogens with one attached hydrogen (secondary N) is 2. The Kier molecular flexibility index (Phi) is 7.15. The lowest BCUT2D eigenvalue weighted by atomic mass is 9.88. The van der Waals surface area contributed by atoms with Crippen LogP contribution in [0.25, 0.3) is 0 Å². The van der Waals surface area contributed by atoms with Crippen molar-refractivity contribution in [2.45, 2.75) is 43.5 Å². The average Bonchev–Trinajstić information content (AvgIpc) is 2.59. The second-order valence-electron chi connectivity index (χ2n) is 5.57. The Morgan fingerprint density at radius 3 is 2.20 bits per heavy atom. The molecule has 0 radical (unpaired) electrons. The number of hydrogen-bond donors (Lipinski definition) is 3. The van der Waals surface area contributed by atoms with Gasteiger partial charge in [0.2, 0.25) is 10.0 Å². The first-order valence-electron chi connectivity index (χ1n) is 7.77. The molecule has 8 heteroatoms. The summed E-state index contributed by atoms with van der Waals surface area (Å²) in [6, 6.07) is 5.34. The molecule has 0 fully saturated rings. The summed E-state index contributed by atoms with van der Waals surface area (Å²) in [6.45, 7) is 3.48. The second kappa shape index (κ2) is 8.65. The van der Waals surface area contributed by atoms with Crippen molar-refractivity contribution in [3.8, 4) is 12.3 Å². The Hall–Kier alpha value is -2.37. The first-order chi connectivity index (χ1) is 11.7. The van der Waals surface area contributed by atoms with Crippen LogP contribution in [0.1, 0.15) is 43.5 Å². The van der Waals surface area contributed by atoms with Gasteiger partial charge in [0.05, 0.1) is 23.4 Å². The van der Waals surface area contributed by atoms with Gasteiger partial charge < -0.3 is 10.4 Å². The number of benzene rings is 1. The van der Waals surface area contributed by atoms with Crippen LogP contribution in [0.15, 0.2) is 29.2 Å². The molecule has 0 atom stereocenters. The van der Waals surface area contributed by atoms with Crippen LogP contribution in [0.5, 0.6) is 0 Å². The molecule has 0 aliphatic heterocycles. The minimum atomic E-state index is -3.73. The summed E-state index contributed by atoms with van der Waals surface area (Å²) in [4.78, 5) is 23.4. The van der Waals surface area contributed by atoms with Crippen LogP contribution in [0, 0.1) is 12.3 Å². The van der Waals surface area contributed by atoms with Crippen LogP contribution < -0.4 is 10.0 Å². The molecule has 25 heavy (non-hydrogen) atoms. The Morgan fingerprint density at radius 2 is 1.76 bits per heavy atom. The molecule has 0 spiro atoms. The van der Waals surface area contributed by atoms with Gasteiger partial charge in [0.1, 0.15) is 0 Å². The molecule has 0 saturated carbocycles. The zero-order valence-electron chi connectivity index (χ0n) is 14.2. The highest BCUT2D eigenvalue weighted by atomic mass is 32.2. The predicted octanol–water partition coefficient (Wildman–Crippen LogP) is 1.36. The zero-order chi connectivity index (χ0) is 19.1. The van der Waals surface area contributed by atoms with Crippen LogP contribution in [-0.4, -0.2) is 37.5 Å². The number of carboxylic acid groups (broad SMARTS) is 1. The van der Waals surface area contributed by atoms with Gasteiger partial charge in [-0.15, -0.1) is 6.42 Å². The predicted molar refractivity (Wildman–Crippen MR) is 93.5 cm³/mol. The number of carboxylic acids is 1. The van der Waals surface area contributed by atoms with Crippen molar-refractivity contribution in [3.05, 3.63) is 29.8 Å². The summed E-state index contributed by atoms with van der Waals surface area (Å²) in [7, 11) is -3.73. The number of carbonyl (C=O) groups is 2. The molecule has 0 bridgehead atoms. The highest BCUT2D eigenvalue weighted by molar-refractivity contribution is 7.89. The highest BCUT2D eigenvalue weighted by Gasteiger charge is 2.31. The molecule has 136 valence electrons. The van der Waals surface area contributed by atoms with Gasteiger partial charge in [-0.25, -0.2) is 8.42 Å². The average molecular weight is 366 g/mol. The van der Waals surface area contributed by atoms with E-state index in [0.29, 0.717) is 12.8 Å². The summed E-state index contributed by atoms with van der Waals surface area (Å²) >= 11 is 0. The Morgan fingerprint density at radius 1 is 1.20 bits per heavy atom. The Labute approximate surface area is 147 Å². The third kappa shape index (κ3) is 5.59. The number of amides is 1. The fourth-order valence-corrected chi connectivity index (χ4v) is 3.26. The van der Waals surface area contributed by atoms with Gasteiger partial charge in [0.25, 0.3) is 5.91 Å². The molecule has 0 saturated heterocycles. The molecule has 3 N–H and O–H groups in total. The quantitative estimate of drug-likeness (QED) is 0.571. The molecule has 7 nitrogen and oxygen atoms in total. The van der Waals surface area contributed by atoms with E-state index in [1.165, 1.54) is 24.3 Å². The fraction of sp³-hybridized carbons (Fsp3) is 0.412. The lowest BCUT2D eigenvalue weighted by Gasteiger charge is -2.31. The fourth-order valence-electron chi connectivity index (χ4n) is 2.33. The summed E-state index contributed by atoms with van der Waals surface area (Å²) in [6.07, 6.45) is 5.76. The maximum atomic E-state index is 12.4. The van der Waals surface area contributed by atoms with E-state index in [4.69, 9.17) is 11.5 Å². The molecule has 1 aromatic rings. The monoisotopic (exact) mass is 366 g/mol. The Balaban J connectivity index is 2.97. The van der Waals surface area contributed by atoms with Crippen molar-refractivity contribution in [2.75, 3.05) is 6.54 Å². The van der Waals surface area contributed by atoms with Gasteiger partial charge in [-0.2, -0.15) is 4.72 Å². The summed E-state index contributed by atoms with van der Waals surface area (Å²) in [5.41, 5.74) is -0.602. The number of rotatable bonds is 9. The number of sulfonamides is 1. The van der Waals surface area contributed by atoms with Crippen molar-refractivity contribution in [3.63, 3.8) is 0 Å². The Bertz CT molecular complexity index is 759. The summed E-state index contributed by atoms with van der Waals surface area (Å²) in [5.74, 6) is 0.726. The van der Waals surface area contributed by atoms with Crippen molar-refractivity contribution in [1.82, 2.24) is 10.0 Å². The molecule has 1 rings (SSSR count). The smallest absolute Gasteiger partial charge is 0.305 e. The molecule has 0 aliphatic rings. The SMILES string of the molecule is C#CCNS(=O)(=O)c1ccc(C(=O)NC(CC)(CC)CC(=O)O)cc1. The van der Waals surface area contributed by atoms with E-state index in [1.807, 2.05) is 0 Å². The van der Waals surface area contributed by atoms with E-state index in [9.17, 15) is 18.0 Å². The van der Waals surface area contributed by atoms with Gasteiger partial charge in [-0.1, -0.05) is 19.8 Å². The van der Waals surface area contributed by atoms with E-state index in [1.54, 1.807) is 13.8 Å². The molecule has 0 aromatic heterocycles. The lowest BCUT2D eigenvalue weighted by molar-refractivity contribution is -0.138. The van der Waals surface area contributed by atoms with Crippen LogP contribution >= 0.6 is 0 Å². The van der Waals surface area contributed by atoms with Crippen molar-refractivity contribution in [1.29, 1.82) is 0 Å². The van der Waals surface area contributed by atoms with Gasteiger partial charge in [-0.3, -0.25) is 9.59 Å². The van der Waals surface area contributed by atoms with Crippen LogP contribution in [0.3, 0.4) is 0 Å².